The molecule has 156 valence electrons. The Morgan fingerprint density at radius 2 is 1.97 bits per heavy atom. The predicted octanol–water partition coefficient (Wildman–Crippen LogP) is 4.03. The van der Waals surface area contributed by atoms with E-state index in [1.807, 2.05) is 0 Å². The number of fused-ring (bicyclic) bond motifs is 1. The molecule has 2 aromatic carbocycles. The van der Waals surface area contributed by atoms with Gasteiger partial charge in [0.2, 0.25) is 0 Å². The molecule has 1 N–H and O–H groups in total. The number of carbonyl (C=O) groups excluding carboxylic acids is 3. The van der Waals surface area contributed by atoms with E-state index in [-0.39, 0.29) is 45.5 Å². The maximum atomic E-state index is 12.8. The number of imide groups is 1. The molecule has 2 heterocycles. The Morgan fingerprint density at radius 3 is 2.67 bits per heavy atom. The summed E-state index contributed by atoms with van der Waals surface area (Å²) in [6.07, 6.45) is 1.60. The van der Waals surface area contributed by atoms with E-state index in [4.69, 9.17) is 32.7 Å². The van der Waals surface area contributed by atoms with E-state index in [0.29, 0.717) is 17.9 Å². The first-order valence-electron chi connectivity index (χ1n) is 9.35. The van der Waals surface area contributed by atoms with E-state index in [1.54, 1.807) is 6.07 Å². The van der Waals surface area contributed by atoms with Gasteiger partial charge in [0.25, 0.3) is 17.7 Å². The number of benzene rings is 2. The average Bonchev–Trinajstić information content (AvgIpc) is 3.30. The van der Waals surface area contributed by atoms with Crippen molar-refractivity contribution in [1.29, 1.82) is 0 Å². The maximum Gasteiger partial charge on any atom is 0.261 e. The van der Waals surface area contributed by atoms with Crippen LogP contribution in [-0.4, -0.2) is 49.0 Å². The molecule has 2 aliphatic heterocycles. The highest BCUT2D eigenvalue weighted by Crippen LogP contribution is 2.33. The number of hydrogen-bond acceptors (Lipinski definition) is 5. The van der Waals surface area contributed by atoms with Crippen LogP contribution in [0.5, 0.6) is 5.75 Å². The molecule has 1 unspecified atom stereocenters. The first kappa shape index (κ1) is 20.7. The summed E-state index contributed by atoms with van der Waals surface area (Å²) in [5.74, 6) is -1.07. The lowest BCUT2D eigenvalue weighted by Crippen LogP contribution is -2.36. The molecule has 2 aromatic rings. The fraction of sp³-hybridized carbons (Fsp3) is 0.286. The second kappa shape index (κ2) is 8.26. The molecular weight excluding hydrogens is 431 g/mol. The van der Waals surface area contributed by atoms with Gasteiger partial charge in [0.1, 0.15) is 5.75 Å². The van der Waals surface area contributed by atoms with Gasteiger partial charge in [-0.2, -0.15) is 0 Å². The van der Waals surface area contributed by atoms with Crippen LogP contribution in [0.4, 0.5) is 5.69 Å². The smallest absolute Gasteiger partial charge is 0.261 e. The Morgan fingerprint density at radius 1 is 1.20 bits per heavy atom. The third-order valence-corrected chi connectivity index (χ3v) is 5.59. The Hall–Kier alpha value is -2.61. The molecule has 30 heavy (non-hydrogen) atoms. The van der Waals surface area contributed by atoms with Crippen molar-refractivity contribution in [2.75, 3.05) is 25.6 Å². The molecule has 1 saturated heterocycles. The van der Waals surface area contributed by atoms with Gasteiger partial charge in [-0.15, -0.1) is 0 Å². The number of carbonyl (C=O) groups is 3. The standard InChI is InChI=1S/C21H18Cl2N2O5/c1-29-18-16(7-11(22)8-17(18)23)19(26)24-12-4-5-14-15(9-12)21(28)25(20(14)27)10-13-3-2-6-30-13/h4-5,7-9,13H,2-3,6,10H2,1H3,(H,24,26). The van der Waals surface area contributed by atoms with Crippen molar-refractivity contribution in [1.82, 2.24) is 4.90 Å². The Kier molecular flexibility index (Phi) is 5.69. The highest BCUT2D eigenvalue weighted by molar-refractivity contribution is 6.36. The van der Waals surface area contributed by atoms with Gasteiger partial charge in [0.05, 0.1) is 41.5 Å². The van der Waals surface area contributed by atoms with E-state index < -0.39 is 11.8 Å². The van der Waals surface area contributed by atoms with E-state index in [1.165, 1.54) is 36.3 Å². The molecule has 7 nitrogen and oxygen atoms in total. The third-order valence-electron chi connectivity index (χ3n) is 5.10. The van der Waals surface area contributed by atoms with Gasteiger partial charge in [-0.05, 0) is 43.2 Å². The summed E-state index contributed by atoms with van der Waals surface area (Å²) in [6, 6.07) is 7.49. The number of nitrogens with one attached hydrogen (secondary N) is 1. The molecule has 0 spiro atoms. The minimum Gasteiger partial charge on any atom is -0.494 e. The van der Waals surface area contributed by atoms with Gasteiger partial charge in [0, 0.05) is 17.3 Å². The van der Waals surface area contributed by atoms with Crippen molar-refractivity contribution in [3.8, 4) is 5.75 Å². The Bertz CT molecular complexity index is 1050. The van der Waals surface area contributed by atoms with Crippen molar-refractivity contribution in [2.45, 2.75) is 18.9 Å². The molecule has 9 heteroatoms. The highest BCUT2D eigenvalue weighted by Gasteiger charge is 2.37. The van der Waals surface area contributed by atoms with E-state index in [9.17, 15) is 14.4 Å². The van der Waals surface area contributed by atoms with Gasteiger partial charge in [-0.3, -0.25) is 19.3 Å². The van der Waals surface area contributed by atoms with E-state index in [0.717, 1.165) is 12.8 Å². The van der Waals surface area contributed by atoms with Crippen LogP contribution in [0.15, 0.2) is 30.3 Å². The lowest BCUT2D eigenvalue weighted by Gasteiger charge is -2.17. The van der Waals surface area contributed by atoms with Gasteiger partial charge >= 0.3 is 0 Å². The van der Waals surface area contributed by atoms with Crippen LogP contribution in [0.3, 0.4) is 0 Å². The Labute approximate surface area is 182 Å². The second-order valence-corrected chi connectivity index (χ2v) is 7.88. The molecule has 4 rings (SSSR count). The first-order valence-corrected chi connectivity index (χ1v) is 10.1. The lowest BCUT2D eigenvalue weighted by atomic mass is 10.1. The largest absolute Gasteiger partial charge is 0.494 e. The van der Waals surface area contributed by atoms with Crippen LogP contribution in [0, 0.1) is 0 Å². The normalized spacial score (nSPS) is 18.0. The van der Waals surface area contributed by atoms with Crippen LogP contribution >= 0.6 is 23.2 Å². The van der Waals surface area contributed by atoms with Crippen molar-refractivity contribution in [3.63, 3.8) is 0 Å². The zero-order valence-electron chi connectivity index (χ0n) is 16.0. The number of methoxy groups -OCH3 is 1. The molecule has 1 fully saturated rings. The highest BCUT2D eigenvalue weighted by atomic mass is 35.5. The van der Waals surface area contributed by atoms with Gasteiger partial charge in [-0.1, -0.05) is 23.2 Å². The number of hydrogen-bond donors (Lipinski definition) is 1. The molecule has 2 aliphatic rings. The zero-order chi connectivity index (χ0) is 21.4. The zero-order valence-corrected chi connectivity index (χ0v) is 17.5. The van der Waals surface area contributed by atoms with E-state index in [2.05, 4.69) is 5.32 Å². The summed E-state index contributed by atoms with van der Waals surface area (Å²) in [7, 11) is 1.40. The van der Waals surface area contributed by atoms with Crippen LogP contribution < -0.4 is 10.1 Å². The number of ether oxygens (including phenoxy) is 2. The van der Waals surface area contributed by atoms with Crippen molar-refractivity contribution in [3.05, 3.63) is 57.1 Å². The predicted molar refractivity (Wildman–Crippen MR) is 112 cm³/mol. The molecule has 0 radical (unpaired) electrons. The Balaban J connectivity index is 1.56. The molecule has 0 bridgehead atoms. The van der Waals surface area contributed by atoms with Crippen LogP contribution in [0.2, 0.25) is 10.0 Å². The van der Waals surface area contributed by atoms with Crippen molar-refractivity contribution in [2.24, 2.45) is 0 Å². The molecule has 0 saturated carbocycles. The summed E-state index contributed by atoms with van der Waals surface area (Å²) in [5, 5.41) is 3.18. The summed E-state index contributed by atoms with van der Waals surface area (Å²) in [4.78, 5) is 39.4. The number of amides is 3. The number of rotatable bonds is 5. The second-order valence-electron chi connectivity index (χ2n) is 7.04. The SMILES string of the molecule is COc1c(Cl)cc(Cl)cc1C(=O)Nc1ccc2c(c1)C(=O)N(CC1CCCO1)C2=O. The summed E-state index contributed by atoms with van der Waals surface area (Å²) < 4.78 is 10.7. The van der Waals surface area contributed by atoms with Crippen molar-refractivity contribution >= 4 is 46.6 Å². The average molecular weight is 449 g/mol. The topological polar surface area (TPSA) is 84.9 Å². The molecule has 0 aliphatic carbocycles. The number of anilines is 1. The summed E-state index contributed by atoms with van der Waals surface area (Å²) in [5.41, 5.74) is 1.06. The minimum absolute atomic E-state index is 0.133. The molecular formula is C21H18Cl2N2O5. The van der Waals surface area contributed by atoms with Crippen molar-refractivity contribution < 1.29 is 23.9 Å². The summed E-state index contributed by atoms with van der Waals surface area (Å²) in [6.45, 7) is 0.868. The fourth-order valence-corrected chi connectivity index (χ4v) is 4.23. The van der Waals surface area contributed by atoms with Crippen LogP contribution in [0.25, 0.3) is 0 Å². The first-order chi connectivity index (χ1) is 14.4. The molecule has 3 amide bonds. The molecule has 0 aromatic heterocycles. The molecule has 1 atom stereocenters. The fourth-order valence-electron chi connectivity index (χ4n) is 3.66. The van der Waals surface area contributed by atoms with Gasteiger partial charge < -0.3 is 14.8 Å². The van der Waals surface area contributed by atoms with Crippen LogP contribution in [0.1, 0.15) is 43.9 Å². The number of nitrogens with zero attached hydrogens (tertiary/aromatic N) is 1. The van der Waals surface area contributed by atoms with Gasteiger partial charge in [-0.25, -0.2) is 0 Å². The van der Waals surface area contributed by atoms with Crippen LogP contribution in [-0.2, 0) is 4.74 Å². The monoisotopic (exact) mass is 448 g/mol. The number of halogens is 2. The maximum absolute atomic E-state index is 12.8. The van der Waals surface area contributed by atoms with Gasteiger partial charge in [0.15, 0.2) is 0 Å². The van der Waals surface area contributed by atoms with E-state index >= 15 is 0 Å². The minimum atomic E-state index is -0.510. The third kappa shape index (κ3) is 3.76. The summed E-state index contributed by atoms with van der Waals surface area (Å²) >= 11 is 12.1. The quantitative estimate of drug-likeness (QED) is 0.697. The lowest BCUT2D eigenvalue weighted by molar-refractivity contribution is 0.0475.